The summed E-state index contributed by atoms with van der Waals surface area (Å²) in [6.07, 6.45) is 1.10. The van der Waals surface area contributed by atoms with Crippen LogP contribution < -0.4 is 10.6 Å². The molecule has 1 aliphatic heterocycles. The van der Waals surface area contributed by atoms with Crippen LogP contribution in [0.25, 0.3) is 11.3 Å². The summed E-state index contributed by atoms with van der Waals surface area (Å²) in [5.41, 5.74) is 8.78. The lowest BCUT2D eigenvalue weighted by atomic mass is 9.78. The maximum absolute atomic E-state index is 13.7. The molecule has 3 aromatic rings. The molecule has 1 saturated heterocycles. The number of aromatic nitrogens is 1. The number of anilines is 1. The van der Waals surface area contributed by atoms with Crippen LogP contribution in [0.2, 0.25) is 5.02 Å². The van der Waals surface area contributed by atoms with Crippen LogP contribution in [0.15, 0.2) is 60.0 Å². The maximum Gasteiger partial charge on any atom is 0.304 e. The molecule has 166 valence electrons. The van der Waals surface area contributed by atoms with E-state index in [1.165, 1.54) is 11.3 Å². The van der Waals surface area contributed by atoms with Crippen LogP contribution >= 0.6 is 22.9 Å². The van der Waals surface area contributed by atoms with Crippen molar-refractivity contribution in [2.75, 3.05) is 11.4 Å². The Balaban J connectivity index is 1.71. The number of carboxylic acid groups (broad SMARTS) is 1. The molecule has 1 aliphatic rings. The monoisotopic (exact) mass is 469 g/mol. The van der Waals surface area contributed by atoms with Crippen molar-refractivity contribution in [3.05, 3.63) is 70.6 Å². The number of thiazole rings is 1. The molecular formula is C24H24ClN3O3S. The minimum atomic E-state index is -0.995. The Bertz CT molecular complexity index is 1100. The molecule has 0 spiro atoms. The predicted molar refractivity (Wildman–Crippen MR) is 127 cm³/mol. The fourth-order valence-electron chi connectivity index (χ4n) is 4.25. The average molecular weight is 470 g/mol. The molecule has 1 amide bonds. The third-order valence-corrected chi connectivity index (χ3v) is 7.02. The molecule has 3 atom stereocenters. The topological polar surface area (TPSA) is 96.5 Å². The Morgan fingerprint density at radius 1 is 1.16 bits per heavy atom. The highest BCUT2D eigenvalue weighted by Gasteiger charge is 2.38. The lowest BCUT2D eigenvalue weighted by Crippen LogP contribution is -2.48. The summed E-state index contributed by atoms with van der Waals surface area (Å²) in [5.74, 6) is -2.17. The summed E-state index contributed by atoms with van der Waals surface area (Å²) in [4.78, 5) is 31.7. The van der Waals surface area contributed by atoms with Crippen molar-refractivity contribution >= 4 is 39.9 Å². The smallest absolute Gasteiger partial charge is 0.304 e. The van der Waals surface area contributed by atoms with E-state index in [0.717, 1.165) is 11.1 Å². The molecule has 2 aromatic carbocycles. The second-order valence-corrected chi connectivity index (χ2v) is 9.25. The number of aliphatic carboxylic acids is 1. The van der Waals surface area contributed by atoms with Gasteiger partial charge in [0.05, 0.1) is 18.0 Å². The molecule has 0 bridgehead atoms. The fraction of sp³-hybridized carbons (Fsp3) is 0.292. The average Bonchev–Trinajstić information content (AvgIpc) is 3.26. The van der Waals surface area contributed by atoms with E-state index in [-0.39, 0.29) is 24.3 Å². The first-order valence-corrected chi connectivity index (χ1v) is 11.7. The second-order valence-electron chi connectivity index (χ2n) is 8.00. The molecule has 0 saturated carbocycles. The Morgan fingerprint density at radius 2 is 1.88 bits per heavy atom. The molecule has 32 heavy (non-hydrogen) atoms. The van der Waals surface area contributed by atoms with Gasteiger partial charge in [-0.05, 0) is 30.4 Å². The SMILES string of the molecule is NC1CCC(c2ccccc2)C(CC(=O)O)C(=O)N(c2nc(-c3ccccc3Cl)cs2)C1. The highest BCUT2D eigenvalue weighted by atomic mass is 35.5. The third-order valence-electron chi connectivity index (χ3n) is 5.83. The zero-order valence-electron chi connectivity index (χ0n) is 17.4. The molecule has 3 N–H and O–H groups in total. The number of halogens is 1. The highest BCUT2D eigenvalue weighted by molar-refractivity contribution is 7.14. The molecule has 1 fully saturated rings. The van der Waals surface area contributed by atoms with Gasteiger partial charge in [-0.25, -0.2) is 4.98 Å². The standard InChI is InChI=1S/C24H24ClN3O3S/c25-20-9-5-4-8-18(20)21-14-32-24(27-21)28-13-16(26)10-11-17(15-6-2-1-3-7-15)19(23(28)31)12-22(29)30/h1-9,14,16-17,19H,10-13,26H2,(H,29,30). The molecule has 3 unspecified atom stereocenters. The number of nitrogens with zero attached hydrogens (tertiary/aromatic N) is 2. The van der Waals surface area contributed by atoms with E-state index in [4.69, 9.17) is 17.3 Å². The van der Waals surface area contributed by atoms with Crippen molar-refractivity contribution in [1.29, 1.82) is 0 Å². The number of carbonyl (C=O) groups excluding carboxylic acids is 1. The number of nitrogens with two attached hydrogens (primary N) is 1. The largest absolute Gasteiger partial charge is 0.481 e. The third kappa shape index (κ3) is 4.85. The quantitative estimate of drug-likeness (QED) is 0.559. The van der Waals surface area contributed by atoms with Gasteiger partial charge in [-0.2, -0.15) is 0 Å². The van der Waals surface area contributed by atoms with Gasteiger partial charge < -0.3 is 10.8 Å². The lowest BCUT2D eigenvalue weighted by molar-refractivity contribution is -0.141. The van der Waals surface area contributed by atoms with E-state index in [0.29, 0.717) is 35.2 Å². The summed E-state index contributed by atoms with van der Waals surface area (Å²) in [6, 6.07) is 16.8. The van der Waals surface area contributed by atoms with Gasteiger partial charge in [-0.1, -0.05) is 60.1 Å². The minimum Gasteiger partial charge on any atom is -0.481 e. The summed E-state index contributed by atoms with van der Waals surface area (Å²) in [5, 5.41) is 12.5. The number of hydrogen-bond donors (Lipinski definition) is 2. The van der Waals surface area contributed by atoms with Crippen LogP contribution in [0.1, 0.15) is 30.7 Å². The van der Waals surface area contributed by atoms with Gasteiger partial charge in [0, 0.05) is 28.6 Å². The molecule has 2 heterocycles. The number of amides is 1. The van der Waals surface area contributed by atoms with Crippen LogP contribution in [-0.2, 0) is 9.59 Å². The number of benzene rings is 2. The molecule has 1 aromatic heterocycles. The van der Waals surface area contributed by atoms with Crippen molar-refractivity contribution < 1.29 is 14.7 Å². The van der Waals surface area contributed by atoms with Gasteiger partial charge >= 0.3 is 5.97 Å². The summed E-state index contributed by atoms with van der Waals surface area (Å²) in [7, 11) is 0. The lowest BCUT2D eigenvalue weighted by Gasteiger charge is -2.35. The first-order valence-electron chi connectivity index (χ1n) is 10.5. The van der Waals surface area contributed by atoms with Crippen LogP contribution in [-0.4, -0.2) is 34.6 Å². The molecular weight excluding hydrogens is 446 g/mol. The molecule has 0 aliphatic carbocycles. The van der Waals surface area contributed by atoms with Gasteiger partial charge in [0.25, 0.3) is 0 Å². The minimum absolute atomic E-state index is 0.225. The normalized spacial score (nSPS) is 21.8. The number of hydrogen-bond acceptors (Lipinski definition) is 5. The van der Waals surface area contributed by atoms with Crippen molar-refractivity contribution in [1.82, 2.24) is 4.98 Å². The van der Waals surface area contributed by atoms with Crippen molar-refractivity contribution in [2.24, 2.45) is 11.7 Å². The fourth-order valence-corrected chi connectivity index (χ4v) is 5.33. The summed E-state index contributed by atoms with van der Waals surface area (Å²) in [6.45, 7) is 0.298. The van der Waals surface area contributed by atoms with Crippen LogP contribution in [0.3, 0.4) is 0 Å². The first-order chi connectivity index (χ1) is 15.4. The molecule has 8 heteroatoms. The van der Waals surface area contributed by atoms with Gasteiger partial charge in [0.15, 0.2) is 5.13 Å². The zero-order chi connectivity index (χ0) is 22.7. The van der Waals surface area contributed by atoms with Crippen molar-refractivity contribution in [3.63, 3.8) is 0 Å². The highest BCUT2D eigenvalue weighted by Crippen LogP contribution is 2.38. The van der Waals surface area contributed by atoms with Crippen molar-refractivity contribution in [2.45, 2.75) is 31.2 Å². The van der Waals surface area contributed by atoms with E-state index in [2.05, 4.69) is 4.98 Å². The Kier molecular flexibility index (Phi) is 6.89. The van der Waals surface area contributed by atoms with Gasteiger partial charge in [-0.15, -0.1) is 11.3 Å². The van der Waals surface area contributed by atoms with Gasteiger partial charge in [0.2, 0.25) is 5.91 Å². The zero-order valence-corrected chi connectivity index (χ0v) is 18.9. The Morgan fingerprint density at radius 3 is 2.59 bits per heavy atom. The van der Waals surface area contributed by atoms with E-state index in [1.807, 2.05) is 53.9 Å². The van der Waals surface area contributed by atoms with E-state index in [9.17, 15) is 14.7 Å². The first kappa shape index (κ1) is 22.5. The van der Waals surface area contributed by atoms with Gasteiger partial charge in [-0.3, -0.25) is 14.5 Å². The Labute approximate surface area is 195 Å². The van der Waals surface area contributed by atoms with Crippen LogP contribution in [0.4, 0.5) is 5.13 Å². The predicted octanol–water partition coefficient (Wildman–Crippen LogP) is 4.79. The second kappa shape index (κ2) is 9.81. The molecule has 0 radical (unpaired) electrons. The molecule has 6 nitrogen and oxygen atoms in total. The van der Waals surface area contributed by atoms with Crippen LogP contribution in [0.5, 0.6) is 0 Å². The maximum atomic E-state index is 13.7. The summed E-state index contributed by atoms with van der Waals surface area (Å²) < 4.78 is 0. The summed E-state index contributed by atoms with van der Waals surface area (Å²) >= 11 is 7.65. The number of carboxylic acids is 1. The van der Waals surface area contributed by atoms with Crippen molar-refractivity contribution in [3.8, 4) is 11.3 Å². The van der Waals surface area contributed by atoms with E-state index >= 15 is 0 Å². The van der Waals surface area contributed by atoms with E-state index in [1.54, 1.807) is 11.0 Å². The number of carbonyl (C=O) groups is 2. The molecule has 4 rings (SSSR count). The van der Waals surface area contributed by atoms with Gasteiger partial charge in [0.1, 0.15) is 0 Å². The van der Waals surface area contributed by atoms with E-state index < -0.39 is 11.9 Å². The number of rotatable bonds is 5. The Hall–Kier alpha value is -2.74. The van der Waals surface area contributed by atoms with Crippen LogP contribution in [0, 0.1) is 5.92 Å².